The van der Waals surface area contributed by atoms with Gasteiger partial charge in [-0.05, 0) is 66.2 Å². The maximum Gasteiger partial charge on any atom is 0.284 e. The number of allylic oxidation sites excluding steroid dienone is 1. The van der Waals surface area contributed by atoms with Gasteiger partial charge in [0, 0.05) is 44.5 Å². The molecular weight excluding hydrogens is 615 g/mol. The molecule has 200 valence electrons. The van der Waals surface area contributed by atoms with Crippen molar-refractivity contribution in [3.63, 3.8) is 0 Å². The number of hydrogen-bond donors (Lipinski definition) is 0. The minimum atomic E-state index is -4.16. The summed E-state index contributed by atoms with van der Waals surface area (Å²) >= 11 is 9.57. The van der Waals surface area contributed by atoms with Crippen LogP contribution in [0.5, 0.6) is 5.75 Å². The van der Waals surface area contributed by atoms with E-state index >= 15 is 0 Å². The lowest BCUT2D eigenvalue weighted by Crippen LogP contribution is -2.24. The second kappa shape index (κ2) is 10.6. The fraction of sp³-hybridized carbons (Fsp3) is 0.133. The number of likely N-dealkylation sites (N-methyl/N-ethyl adjacent to an activating group) is 1. The second-order valence-electron chi connectivity index (χ2n) is 9.73. The summed E-state index contributed by atoms with van der Waals surface area (Å²) in [7, 11) is -5.57. The van der Waals surface area contributed by atoms with Crippen molar-refractivity contribution in [2.45, 2.75) is 24.2 Å². The summed E-state index contributed by atoms with van der Waals surface area (Å²) in [5.41, 5.74) is 2.69. The molecule has 4 aromatic rings. The van der Waals surface area contributed by atoms with Crippen molar-refractivity contribution >= 4 is 55.8 Å². The molecule has 0 radical (unpaired) electrons. The zero-order valence-electron chi connectivity index (χ0n) is 21.6. The first kappa shape index (κ1) is 27.7. The summed E-state index contributed by atoms with van der Waals surface area (Å²) in [6.45, 7) is 4.27. The molecule has 0 aromatic heterocycles. The maximum atomic E-state index is 13.9. The Kier molecular flexibility index (Phi) is 7.55. The van der Waals surface area contributed by atoms with Gasteiger partial charge < -0.3 is 9.42 Å². The van der Waals surface area contributed by atoms with Crippen LogP contribution in [0.25, 0.3) is 0 Å². The summed E-state index contributed by atoms with van der Waals surface area (Å²) in [5.74, 6) is 2.45. The molecule has 1 aliphatic heterocycles. The van der Waals surface area contributed by atoms with E-state index in [9.17, 15) is 8.42 Å². The van der Waals surface area contributed by atoms with E-state index in [1.54, 1.807) is 12.1 Å². The van der Waals surface area contributed by atoms with Crippen LogP contribution in [0.1, 0.15) is 19.4 Å². The van der Waals surface area contributed by atoms with Crippen molar-refractivity contribution in [2.75, 3.05) is 11.9 Å². The summed E-state index contributed by atoms with van der Waals surface area (Å²) < 4.78 is 40.1. The zero-order chi connectivity index (χ0) is 27.8. The lowest BCUT2D eigenvalue weighted by atomic mass is 9.84. The van der Waals surface area contributed by atoms with Crippen LogP contribution in [-0.4, -0.2) is 15.5 Å². The molecule has 0 N–H and O–H groups in total. The zero-order valence-corrected chi connectivity index (χ0v) is 25.7. The number of para-hydroxylation sites is 1. The number of sulfonamides is 1. The molecule has 1 atom stereocenters. The Balaban J connectivity index is 1.84. The molecule has 0 unspecified atom stereocenters. The lowest BCUT2D eigenvalue weighted by Gasteiger charge is -2.29. The molecule has 1 aliphatic rings. The third-order valence-corrected chi connectivity index (χ3v) is 12.3. The van der Waals surface area contributed by atoms with Gasteiger partial charge in [0.05, 0.1) is 4.90 Å². The third-order valence-electron chi connectivity index (χ3n) is 6.74. The summed E-state index contributed by atoms with van der Waals surface area (Å²) in [4.78, 5) is 2.15. The molecule has 0 saturated carbocycles. The molecule has 0 spiro atoms. The molecule has 0 saturated heterocycles. The number of anilines is 1. The molecule has 0 aliphatic carbocycles. The van der Waals surface area contributed by atoms with Crippen LogP contribution in [0.4, 0.5) is 5.69 Å². The van der Waals surface area contributed by atoms with Crippen LogP contribution in [0.3, 0.4) is 0 Å². The van der Waals surface area contributed by atoms with E-state index in [2.05, 4.69) is 51.0 Å². The Morgan fingerprint density at radius 3 is 2.26 bits per heavy atom. The molecule has 39 heavy (non-hydrogen) atoms. The van der Waals surface area contributed by atoms with Gasteiger partial charge in [0.2, 0.25) is 7.28 Å². The van der Waals surface area contributed by atoms with Gasteiger partial charge in [-0.15, -0.1) is 4.15 Å². The standard InChI is InChI=1S/C30H27BrClN2O3PS/c1-30(2)27-14-7-8-15-28(27)34(3)29(30)21-38(25-12-5-4-6-13-25,37-24-11-9-10-22(31)20-24)33-39(35,36)26-18-16-23(32)17-19-26/h4-21H,1-3H3/b29-21-/t38-/m0/s1. The molecule has 1 heterocycles. The molecule has 0 amide bonds. The van der Waals surface area contributed by atoms with Crippen LogP contribution in [0, 0.1) is 0 Å². The highest BCUT2D eigenvalue weighted by Crippen LogP contribution is 2.58. The van der Waals surface area contributed by atoms with Crippen molar-refractivity contribution < 1.29 is 12.9 Å². The first-order valence-corrected chi connectivity index (χ1v) is 16.6. The fourth-order valence-electron chi connectivity index (χ4n) is 4.78. The Bertz CT molecular complexity index is 1720. The SMILES string of the molecule is CN1/C(=C\[P@](=NS(=O)(=O)c2ccc(Cl)cc2)(Oc2cccc(Br)c2)c2ccccc2)C(C)(C)c2ccccc21. The van der Waals surface area contributed by atoms with Crippen molar-refractivity contribution in [3.05, 3.63) is 130 Å². The van der Waals surface area contributed by atoms with Crippen LogP contribution in [0.15, 0.2) is 128 Å². The average Bonchev–Trinajstić information content (AvgIpc) is 3.10. The molecule has 0 bridgehead atoms. The van der Waals surface area contributed by atoms with E-state index in [-0.39, 0.29) is 4.90 Å². The van der Waals surface area contributed by atoms with E-state index in [1.807, 2.05) is 79.6 Å². The molecule has 0 fully saturated rings. The monoisotopic (exact) mass is 640 g/mol. The average molecular weight is 642 g/mol. The minimum Gasteiger partial charge on any atom is -0.451 e. The number of hydrogen-bond acceptors (Lipinski definition) is 4. The lowest BCUT2D eigenvalue weighted by molar-refractivity contribution is 0.593. The highest BCUT2D eigenvalue weighted by atomic mass is 79.9. The van der Waals surface area contributed by atoms with Crippen LogP contribution in [0.2, 0.25) is 5.02 Å². The minimum absolute atomic E-state index is 0.0470. The maximum absolute atomic E-state index is 13.9. The Morgan fingerprint density at radius 2 is 1.59 bits per heavy atom. The van der Waals surface area contributed by atoms with Crippen LogP contribution >= 0.6 is 34.8 Å². The topological polar surface area (TPSA) is 59.0 Å². The van der Waals surface area contributed by atoms with Gasteiger partial charge in [0.25, 0.3) is 10.0 Å². The van der Waals surface area contributed by atoms with Gasteiger partial charge in [-0.25, -0.2) is 0 Å². The van der Waals surface area contributed by atoms with Gasteiger partial charge in [-0.2, -0.15) is 8.42 Å². The molecule has 4 aromatic carbocycles. The predicted molar refractivity (Wildman–Crippen MR) is 165 cm³/mol. The van der Waals surface area contributed by atoms with Crippen molar-refractivity contribution in [2.24, 2.45) is 4.15 Å². The normalized spacial score (nSPS) is 16.9. The van der Waals surface area contributed by atoms with E-state index in [4.69, 9.17) is 16.1 Å². The van der Waals surface area contributed by atoms with E-state index < -0.39 is 22.7 Å². The molecule has 5 nitrogen and oxygen atoms in total. The number of rotatable bonds is 6. The number of halogens is 2. The first-order valence-electron chi connectivity index (χ1n) is 12.2. The predicted octanol–water partition coefficient (Wildman–Crippen LogP) is 8.58. The van der Waals surface area contributed by atoms with Gasteiger partial charge in [-0.1, -0.05) is 83.8 Å². The summed E-state index contributed by atoms with van der Waals surface area (Å²) in [6, 6.07) is 31.0. The summed E-state index contributed by atoms with van der Waals surface area (Å²) in [5, 5.41) is 1.12. The number of nitrogens with zero attached hydrogens (tertiary/aromatic N) is 2. The molecule has 5 rings (SSSR count). The van der Waals surface area contributed by atoms with Gasteiger partial charge >= 0.3 is 0 Å². The first-order chi connectivity index (χ1) is 18.5. The van der Waals surface area contributed by atoms with Crippen molar-refractivity contribution in [1.82, 2.24) is 0 Å². The third kappa shape index (κ3) is 5.46. The molecular formula is C30H27BrClN2O3PS. The van der Waals surface area contributed by atoms with Gasteiger partial charge in [0.15, 0.2) is 0 Å². The highest BCUT2D eigenvalue weighted by molar-refractivity contribution is 9.10. The van der Waals surface area contributed by atoms with E-state index in [0.29, 0.717) is 16.1 Å². The Hall–Kier alpha value is -2.83. The van der Waals surface area contributed by atoms with E-state index in [1.165, 1.54) is 12.1 Å². The second-order valence-corrected chi connectivity index (χ2v) is 15.4. The quantitative estimate of drug-likeness (QED) is 0.198. The van der Waals surface area contributed by atoms with Crippen molar-refractivity contribution in [1.29, 1.82) is 0 Å². The van der Waals surface area contributed by atoms with Gasteiger partial charge in [-0.3, -0.25) is 0 Å². The Labute approximate surface area is 243 Å². The number of benzene rings is 4. The van der Waals surface area contributed by atoms with Crippen LogP contribution < -0.4 is 14.7 Å². The number of fused-ring (bicyclic) bond motifs is 1. The van der Waals surface area contributed by atoms with Crippen LogP contribution in [-0.2, 0) is 15.4 Å². The van der Waals surface area contributed by atoms with Crippen molar-refractivity contribution in [3.8, 4) is 5.75 Å². The van der Waals surface area contributed by atoms with E-state index in [0.717, 1.165) is 21.4 Å². The Morgan fingerprint density at radius 1 is 0.923 bits per heavy atom. The summed E-state index contributed by atoms with van der Waals surface area (Å²) in [6.07, 6.45) is 0. The molecule has 9 heteroatoms. The smallest absolute Gasteiger partial charge is 0.284 e. The fourth-order valence-corrected chi connectivity index (χ4v) is 10.3. The highest BCUT2D eigenvalue weighted by Gasteiger charge is 2.41. The largest absolute Gasteiger partial charge is 0.451 e. The van der Waals surface area contributed by atoms with Gasteiger partial charge in [0.1, 0.15) is 5.75 Å².